The Kier molecular flexibility index (Phi) is 6.48. The number of aromatic nitrogens is 3. The summed E-state index contributed by atoms with van der Waals surface area (Å²) < 4.78 is 27.1. The highest BCUT2D eigenvalue weighted by molar-refractivity contribution is 5.88. The standard InChI is InChI=1S/C24H26F2N6O/c1-24(2,31-19-6-4-3-5-18(19)26)23(33)32-11-9-16(10-12-32)20-14-27-15-22(29-20)30-21-8-7-17(25)13-28-21/h3-8,13-16,31H,9-12H2,1-2H3,(H,28,29,30). The Morgan fingerprint density at radius 2 is 1.79 bits per heavy atom. The molecule has 2 N–H and O–H groups in total. The number of nitrogens with one attached hydrogen (secondary N) is 2. The minimum atomic E-state index is -0.944. The highest BCUT2D eigenvalue weighted by Gasteiger charge is 2.35. The topological polar surface area (TPSA) is 83.0 Å². The number of likely N-dealkylation sites (tertiary alicyclic amines) is 1. The fraction of sp³-hybridized carbons (Fsp3) is 0.333. The molecule has 0 atom stereocenters. The first-order valence-corrected chi connectivity index (χ1v) is 10.8. The number of anilines is 3. The molecule has 0 saturated carbocycles. The van der Waals surface area contributed by atoms with E-state index in [2.05, 4.69) is 25.6 Å². The quantitative estimate of drug-likeness (QED) is 0.574. The van der Waals surface area contributed by atoms with E-state index >= 15 is 0 Å². The van der Waals surface area contributed by atoms with Gasteiger partial charge in [-0.3, -0.25) is 9.78 Å². The van der Waals surface area contributed by atoms with Gasteiger partial charge in [-0.25, -0.2) is 18.7 Å². The lowest BCUT2D eigenvalue weighted by atomic mass is 9.92. The third-order valence-electron chi connectivity index (χ3n) is 5.69. The van der Waals surface area contributed by atoms with E-state index in [9.17, 15) is 13.6 Å². The van der Waals surface area contributed by atoms with E-state index in [1.54, 1.807) is 44.4 Å². The van der Waals surface area contributed by atoms with Gasteiger partial charge >= 0.3 is 0 Å². The van der Waals surface area contributed by atoms with Gasteiger partial charge in [0.25, 0.3) is 0 Å². The lowest BCUT2D eigenvalue weighted by Crippen LogP contribution is -2.52. The van der Waals surface area contributed by atoms with Crippen LogP contribution in [0.2, 0.25) is 0 Å². The van der Waals surface area contributed by atoms with Crippen LogP contribution in [0.25, 0.3) is 0 Å². The molecule has 172 valence electrons. The molecule has 1 amide bonds. The van der Waals surface area contributed by atoms with E-state index in [1.807, 2.05) is 4.90 Å². The van der Waals surface area contributed by atoms with Crippen molar-refractivity contribution in [3.8, 4) is 0 Å². The van der Waals surface area contributed by atoms with Crippen molar-refractivity contribution in [1.82, 2.24) is 19.9 Å². The van der Waals surface area contributed by atoms with Crippen LogP contribution in [-0.2, 0) is 4.79 Å². The summed E-state index contributed by atoms with van der Waals surface area (Å²) in [4.78, 5) is 27.8. The molecule has 7 nitrogen and oxygen atoms in total. The molecule has 2 aromatic heterocycles. The van der Waals surface area contributed by atoms with E-state index in [-0.39, 0.29) is 17.6 Å². The highest BCUT2D eigenvalue weighted by Crippen LogP contribution is 2.29. The summed E-state index contributed by atoms with van der Waals surface area (Å²) in [6.07, 6.45) is 5.94. The van der Waals surface area contributed by atoms with Crippen LogP contribution in [0.5, 0.6) is 0 Å². The molecule has 0 spiro atoms. The fourth-order valence-electron chi connectivity index (χ4n) is 3.95. The summed E-state index contributed by atoms with van der Waals surface area (Å²) in [6.45, 7) is 4.67. The van der Waals surface area contributed by atoms with Crippen molar-refractivity contribution < 1.29 is 13.6 Å². The molecule has 1 aliphatic heterocycles. The van der Waals surface area contributed by atoms with Gasteiger partial charge in [-0.2, -0.15) is 0 Å². The smallest absolute Gasteiger partial charge is 0.247 e. The maximum Gasteiger partial charge on any atom is 0.247 e. The second kappa shape index (κ2) is 9.48. The Labute approximate surface area is 191 Å². The van der Waals surface area contributed by atoms with Crippen molar-refractivity contribution in [1.29, 1.82) is 0 Å². The summed E-state index contributed by atoms with van der Waals surface area (Å²) in [6, 6.07) is 9.19. The highest BCUT2D eigenvalue weighted by atomic mass is 19.1. The van der Waals surface area contributed by atoms with Crippen molar-refractivity contribution in [3.63, 3.8) is 0 Å². The molecule has 0 bridgehead atoms. The molecule has 9 heteroatoms. The largest absolute Gasteiger partial charge is 0.369 e. The van der Waals surface area contributed by atoms with Crippen molar-refractivity contribution >= 4 is 23.2 Å². The lowest BCUT2D eigenvalue weighted by molar-refractivity contribution is -0.136. The summed E-state index contributed by atoms with van der Waals surface area (Å²) in [5, 5.41) is 6.06. The molecule has 1 saturated heterocycles. The van der Waals surface area contributed by atoms with E-state index in [4.69, 9.17) is 0 Å². The Hall–Kier alpha value is -3.62. The zero-order valence-electron chi connectivity index (χ0n) is 18.6. The number of carbonyl (C=O) groups excluding carboxylic acids is 1. The van der Waals surface area contributed by atoms with Crippen LogP contribution in [0.4, 0.5) is 26.1 Å². The van der Waals surface area contributed by atoms with Crippen LogP contribution in [-0.4, -0.2) is 44.4 Å². The second-order valence-electron chi connectivity index (χ2n) is 8.61. The lowest BCUT2D eigenvalue weighted by Gasteiger charge is -2.37. The SMILES string of the molecule is CC(C)(Nc1ccccc1F)C(=O)N1CCC(c2cncc(Nc3ccc(F)cn3)n2)CC1. The van der Waals surface area contributed by atoms with E-state index in [0.717, 1.165) is 24.7 Å². The van der Waals surface area contributed by atoms with Gasteiger partial charge in [-0.05, 0) is 51.0 Å². The number of pyridine rings is 1. The molecular weight excluding hydrogens is 426 g/mol. The molecule has 3 aromatic rings. The van der Waals surface area contributed by atoms with Crippen molar-refractivity contribution in [2.45, 2.75) is 38.1 Å². The van der Waals surface area contributed by atoms with Crippen LogP contribution in [0.1, 0.15) is 38.3 Å². The number of piperidine rings is 1. The predicted octanol–water partition coefficient (Wildman–Crippen LogP) is 4.49. The number of halogens is 2. The predicted molar refractivity (Wildman–Crippen MR) is 122 cm³/mol. The Morgan fingerprint density at radius 1 is 1.03 bits per heavy atom. The van der Waals surface area contributed by atoms with Crippen LogP contribution in [0, 0.1) is 11.6 Å². The number of nitrogens with zero attached hydrogens (tertiary/aromatic N) is 4. The summed E-state index contributed by atoms with van der Waals surface area (Å²) in [7, 11) is 0. The average molecular weight is 453 g/mol. The molecule has 0 radical (unpaired) electrons. The van der Waals surface area contributed by atoms with E-state index in [0.29, 0.717) is 30.4 Å². The molecule has 1 aromatic carbocycles. The second-order valence-corrected chi connectivity index (χ2v) is 8.61. The Morgan fingerprint density at radius 3 is 2.48 bits per heavy atom. The van der Waals surface area contributed by atoms with E-state index in [1.165, 1.54) is 18.2 Å². The third-order valence-corrected chi connectivity index (χ3v) is 5.69. The first kappa shape index (κ1) is 22.6. The van der Waals surface area contributed by atoms with Gasteiger partial charge in [0.1, 0.15) is 28.8 Å². The molecule has 1 aliphatic rings. The molecule has 4 rings (SSSR count). The number of carbonyl (C=O) groups is 1. The molecule has 0 aliphatic carbocycles. The van der Waals surface area contributed by atoms with Crippen LogP contribution in [0.15, 0.2) is 55.0 Å². The fourth-order valence-corrected chi connectivity index (χ4v) is 3.95. The van der Waals surface area contributed by atoms with Crippen LogP contribution < -0.4 is 10.6 Å². The summed E-state index contributed by atoms with van der Waals surface area (Å²) in [5.41, 5.74) is 0.194. The Bertz CT molecular complexity index is 1110. The number of benzene rings is 1. The van der Waals surface area contributed by atoms with Gasteiger partial charge in [0.2, 0.25) is 5.91 Å². The van der Waals surface area contributed by atoms with Crippen molar-refractivity contribution in [2.75, 3.05) is 23.7 Å². The summed E-state index contributed by atoms with van der Waals surface area (Å²) in [5.74, 6) is 0.294. The number of hydrogen-bond acceptors (Lipinski definition) is 6. The minimum absolute atomic E-state index is 0.0758. The molecule has 1 fully saturated rings. The van der Waals surface area contributed by atoms with Gasteiger partial charge < -0.3 is 15.5 Å². The van der Waals surface area contributed by atoms with Gasteiger partial charge in [0.05, 0.1) is 23.8 Å². The zero-order valence-corrected chi connectivity index (χ0v) is 18.6. The molecular formula is C24H26F2N6O. The van der Waals surface area contributed by atoms with Crippen LogP contribution in [0.3, 0.4) is 0 Å². The van der Waals surface area contributed by atoms with Gasteiger partial charge in [0.15, 0.2) is 0 Å². The van der Waals surface area contributed by atoms with Gasteiger partial charge in [-0.15, -0.1) is 0 Å². The molecule has 3 heterocycles. The summed E-state index contributed by atoms with van der Waals surface area (Å²) >= 11 is 0. The van der Waals surface area contributed by atoms with Gasteiger partial charge in [0, 0.05) is 25.2 Å². The van der Waals surface area contributed by atoms with Gasteiger partial charge in [-0.1, -0.05) is 12.1 Å². The maximum atomic E-state index is 14.0. The number of hydrogen-bond donors (Lipinski definition) is 2. The Balaban J connectivity index is 1.37. The zero-order chi connectivity index (χ0) is 23.4. The molecule has 33 heavy (non-hydrogen) atoms. The average Bonchev–Trinajstić information content (AvgIpc) is 2.82. The number of rotatable bonds is 6. The number of amides is 1. The van der Waals surface area contributed by atoms with E-state index < -0.39 is 11.4 Å². The third kappa shape index (κ3) is 5.42. The van der Waals surface area contributed by atoms with Crippen LogP contribution >= 0.6 is 0 Å². The minimum Gasteiger partial charge on any atom is -0.369 e. The van der Waals surface area contributed by atoms with Crippen molar-refractivity contribution in [3.05, 3.63) is 72.3 Å². The molecule has 0 unspecified atom stereocenters. The van der Waals surface area contributed by atoms with Crippen molar-refractivity contribution in [2.24, 2.45) is 0 Å². The monoisotopic (exact) mass is 452 g/mol. The maximum absolute atomic E-state index is 14.0. The number of para-hydroxylation sites is 1. The first-order chi connectivity index (χ1) is 15.8. The normalized spacial score (nSPS) is 14.7. The first-order valence-electron chi connectivity index (χ1n) is 10.8.